The monoisotopic (exact) mass is 278 g/mol. The van der Waals surface area contributed by atoms with Crippen molar-refractivity contribution in [1.29, 1.82) is 0 Å². The van der Waals surface area contributed by atoms with Crippen LogP contribution in [-0.2, 0) is 9.84 Å². The SMILES string of the molecule is NC(=O)Nc1nccc(-c2ncc3c(n2)S3(=O)=O)n1. The fourth-order valence-corrected chi connectivity index (χ4v) is 2.56. The Hall–Kier alpha value is -2.62. The largest absolute Gasteiger partial charge is 0.351 e. The third-order valence-electron chi connectivity index (χ3n) is 2.34. The zero-order valence-corrected chi connectivity index (χ0v) is 10.0. The average Bonchev–Trinajstić information content (AvgIpc) is 2.91. The third-order valence-corrected chi connectivity index (χ3v) is 3.84. The third kappa shape index (κ3) is 1.87. The summed E-state index contributed by atoms with van der Waals surface area (Å²) in [5, 5.41) is 2.20. The Morgan fingerprint density at radius 1 is 1.26 bits per heavy atom. The van der Waals surface area contributed by atoms with Gasteiger partial charge in [0, 0.05) is 6.20 Å². The topological polar surface area (TPSA) is 141 Å². The summed E-state index contributed by atoms with van der Waals surface area (Å²) in [5.41, 5.74) is 5.22. The van der Waals surface area contributed by atoms with Crippen LogP contribution < -0.4 is 11.1 Å². The number of carbonyl (C=O) groups is 1. The van der Waals surface area contributed by atoms with Crippen molar-refractivity contribution < 1.29 is 13.2 Å². The summed E-state index contributed by atoms with van der Waals surface area (Å²) in [4.78, 5) is 26.3. The fraction of sp³-hybridized carbons (Fsp3) is 0. The molecule has 0 unspecified atom stereocenters. The maximum atomic E-state index is 11.3. The molecule has 0 saturated heterocycles. The van der Waals surface area contributed by atoms with Crippen molar-refractivity contribution in [2.24, 2.45) is 5.73 Å². The van der Waals surface area contributed by atoms with Crippen molar-refractivity contribution in [3.05, 3.63) is 18.5 Å². The van der Waals surface area contributed by atoms with E-state index in [0.29, 0.717) is 0 Å². The molecule has 0 atom stereocenters. The van der Waals surface area contributed by atoms with Gasteiger partial charge in [-0.15, -0.1) is 0 Å². The number of sulfone groups is 1. The van der Waals surface area contributed by atoms with E-state index in [0.717, 1.165) is 0 Å². The molecule has 0 radical (unpaired) electrons. The van der Waals surface area contributed by atoms with Gasteiger partial charge < -0.3 is 5.73 Å². The number of anilines is 1. The Balaban J connectivity index is 2.00. The number of urea groups is 1. The summed E-state index contributed by atoms with van der Waals surface area (Å²) in [7, 11) is -3.34. The minimum atomic E-state index is -3.34. The predicted molar refractivity (Wildman–Crippen MR) is 61.7 cm³/mol. The molecule has 19 heavy (non-hydrogen) atoms. The van der Waals surface area contributed by atoms with Gasteiger partial charge in [-0.25, -0.2) is 33.1 Å². The summed E-state index contributed by atoms with van der Waals surface area (Å²) >= 11 is 0. The number of aromatic nitrogens is 4. The Morgan fingerprint density at radius 3 is 2.74 bits per heavy atom. The quantitative estimate of drug-likeness (QED) is 0.478. The average molecular weight is 278 g/mol. The smallest absolute Gasteiger partial charge is 0.319 e. The summed E-state index contributed by atoms with van der Waals surface area (Å²) < 4.78 is 22.6. The van der Waals surface area contributed by atoms with Gasteiger partial charge in [-0.05, 0) is 6.07 Å². The molecule has 2 amide bonds. The van der Waals surface area contributed by atoms with Gasteiger partial charge in [-0.1, -0.05) is 0 Å². The Kier molecular flexibility index (Phi) is 2.22. The number of rotatable bonds is 2. The van der Waals surface area contributed by atoms with E-state index >= 15 is 0 Å². The lowest BCUT2D eigenvalue weighted by Gasteiger charge is -2.01. The molecule has 10 heteroatoms. The van der Waals surface area contributed by atoms with Crippen LogP contribution in [0.4, 0.5) is 10.7 Å². The standard InChI is InChI=1S/C9H6N6O3S/c10-8(16)15-9-11-2-1-4(13-9)6-12-3-5-7(14-6)19(5,17)18/h1-3H,(H3,10,11,13,15,16). The van der Waals surface area contributed by atoms with E-state index in [2.05, 4.69) is 25.3 Å². The van der Waals surface area contributed by atoms with Gasteiger partial charge in [0.1, 0.15) is 10.6 Å². The molecule has 2 aromatic rings. The van der Waals surface area contributed by atoms with Crippen LogP contribution in [0.1, 0.15) is 0 Å². The lowest BCUT2D eigenvalue weighted by molar-refractivity contribution is 0.259. The number of nitrogens with zero attached hydrogens (tertiary/aromatic N) is 4. The second-order valence-corrected chi connectivity index (χ2v) is 5.45. The van der Waals surface area contributed by atoms with Crippen LogP contribution in [0.25, 0.3) is 11.5 Å². The highest BCUT2D eigenvalue weighted by Gasteiger charge is 2.42. The van der Waals surface area contributed by atoms with E-state index in [-0.39, 0.29) is 27.4 Å². The van der Waals surface area contributed by atoms with Crippen molar-refractivity contribution in [3.63, 3.8) is 0 Å². The molecule has 0 bridgehead atoms. The number of fused-ring (bicyclic) bond motifs is 1. The van der Waals surface area contributed by atoms with Gasteiger partial charge in [0.05, 0.1) is 6.20 Å². The lowest BCUT2D eigenvalue weighted by atomic mass is 10.4. The maximum Gasteiger partial charge on any atom is 0.319 e. The summed E-state index contributed by atoms with van der Waals surface area (Å²) in [5.74, 6) is 0.121. The highest BCUT2D eigenvalue weighted by Crippen LogP contribution is 2.38. The molecule has 3 rings (SSSR count). The molecule has 0 fully saturated rings. The molecule has 0 aromatic carbocycles. The number of hydrogen-bond acceptors (Lipinski definition) is 7. The highest BCUT2D eigenvalue weighted by atomic mass is 32.2. The van der Waals surface area contributed by atoms with Crippen LogP contribution >= 0.6 is 0 Å². The van der Waals surface area contributed by atoms with E-state index in [1.54, 1.807) is 0 Å². The van der Waals surface area contributed by atoms with E-state index in [1.807, 2.05) is 0 Å². The van der Waals surface area contributed by atoms with Crippen molar-refractivity contribution in [2.75, 3.05) is 5.32 Å². The van der Waals surface area contributed by atoms with Crippen molar-refractivity contribution >= 4 is 21.8 Å². The molecule has 3 N–H and O–H groups in total. The lowest BCUT2D eigenvalue weighted by Crippen LogP contribution is -2.20. The summed E-state index contributed by atoms with van der Waals surface area (Å²) in [6.45, 7) is 0. The molecule has 1 aliphatic heterocycles. The molecular weight excluding hydrogens is 272 g/mol. The molecule has 3 heterocycles. The Labute approximate surface area is 106 Å². The van der Waals surface area contributed by atoms with Crippen molar-refractivity contribution in [2.45, 2.75) is 9.92 Å². The summed E-state index contributed by atoms with van der Waals surface area (Å²) in [6, 6.07) is 0.684. The van der Waals surface area contributed by atoms with E-state index < -0.39 is 15.9 Å². The van der Waals surface area contributed by atoms with Crippen LogP contribution in [0.2, 0.25) is 0 Å². The number of nitrogens with two attached hydrogens (primary N) is 1. The van der Waals surface area contributed by atoms with Gasteiger partial charge in [0.15, 0.2) is 10.9 Å². The normalized spacial score (nSPS) is 14.5. The molecule has 9 nitrogen and oxygen atoms in total. The van der Waals surface area contributed by atoms with E-state index in [1.165, 1.54) is 18.5 Å². The van der Waals surface area contributed by atoms with Crippen LogP contribution in [0.3, 0.4) is 0 Å². The first-order chi connectivity index (χ1) is 8.98. The van der Waals surface area contributed by atoms with Gasteiger partial charge in [-0.2, -0.15) is 0 Å². The first-order valence-corrected chi connectivity index (χ1v) is 6.49. The van der Waals surface area contributed by atoms with Gasteiger partial charge >= 0.3 is 6.03 Å². The zero-order chi connectivity index (χ0) is 13.6. The van der Waals surface area contributed by atoms with Gasteiger partial charge in [-0.3, -0.25) is 5.32 Å². The number of primary amides is 1. The Morgan fingerprint density at radius 2 is 2.05 bits per heavy atom. The highest BCUT2D eigenvalue weighted by molar-refractivity contribution is 7.97. The van der Waals surface area contributed by atoms with Gasteiger partial charge in [0.2, 0.25) is 15.8 Å². The molecule has 0 saturated carbocycles. The zero-order valence-electron chi connectivity index (χ0n) is 9.23. The maximum absolute atomic E-state index is 11.3. The minimum absolute atomic E-state index is 0.000484. The van der Waals surface area contributed by atoms with Crippen LogP contribution in [0, 0.1) is 0 Å². The number of nitrogens with one attached hydrogen (secondary N) is 1. The molecule has 2 aromatic heterocycles. The Bertz CT molecular complexity index is 803. The molecule has 1 aliphatic rings. The molecule has 0 aliphatic carbocycles. The first kappa shape index (κ1) is 11.5. The van der Waals surface area contributed by atoms with Crippen molar-refractivity contribution in [3.8, 4) is 11.5 Å². The van der Waals surface area contributed by atoms with Crippen LogP contribution in [0.15, 0.2) is 28.4 Å². The molecule has 0 spiro atoms. The number of hydrogen-bond donors (Lipinski definition) is 2. The second-order valence-electron chi connectivity index (χ2n) is 3.62. The fourth-order valence-electron chi connectivity index (χ4n) is 1.46. The van der Waals surface area contributed by atoms with E-state index in [9.17, 15) is 13.2 Å². The van der Waals surface area contributed by atoms with Crippen LogP contribution in [0.5, 0.6) is 0 Å². The van der Waals surface area contributed by atoms with Crippen LogP contribution in [-0.4, -0.2) is 34.4 Å². The molecule has 96 valence electrons. The summed E-state index contributed by atoms with van der Waals surface area (Å²) in [6.07, 6.45) is 2.59. The minimum Gasteiger partial charge on any atom is -0.351 e. The first-order valence-electron chi connectivity index (χ1n) is 5.00. The van der Waals surface area contributed by atoms with E-state index in [4.69, 9.17) is 5.73 Å². The van der Waals surface area contributed by atoms with Crippen molar-refractivity contribution in [1.82, 2.24) is 19.9 Å². The molecular formula is C9H6N6O3S. The number of amides is 2. The number of carbonyl (C=O) groups excluding carboxylic acids is 1. The predicted octanol–water partition coefficient (Wildman–Crippen LogP) is -0.430. The second kappa shape index (κ2) is 3.68. The van der Waals surface area contributed by atoms with Gasteiger partial charge in [0.25, 0.3) is 0 Å².